The van der Waals surface area contributed by atoms with Gasteiger partial charge in [-0.1, -0.05) is 6.07 Å². The van der Waals surface area contributed by atoms with Crippen molar-refractivity contribution < 1.29 is 9.90 Å². The van der Waals surface area contributed by atoms with E-state index in [4.69, 9.17) is 5.11 Å². The number of aryl methyl sites for hydroxylation is 1. The number of piperidine rings is 1. The highest BCUT2D eigenvalue weighted by Crippen LogP contribution is 2.18. The Kier molecular flexibility index (Phi) is 5.20. The van der Waals surface area contributed by atoms with Crippen molar-refractivity contribution in [2.24, 2.45) is 5.92 Å². The lowest BCUT2D eigenvalue weighted by molar-refractivity contribution is -0.133. The highest BCUT2D eigenvalue weighted by atomic mass is 32.1. The molecule has 0 aromatic carbocycles. The molecule has 0 aliphatic carbocycles. The summed E-state index contributed by atoms with van der Waals surface area (Å²) in [6.45, 7) is 1.82. The predicted octanol–water partition coefficient (Wildman–Crippen LogP) is 2.30. The van der Waals surface area contributed by atoms with Gasteiger partial charge in [0.05, 0.1) is 0 Å². The molecule has 0 saturated carbocycles. The number of hydrogen-bond acceptors (Lipinski definition) is 3. The van der Waals surface area contributed by atoms with Crippen LogP contribution in [0.3, 0.4) is 0 Å². The van der Waals surface area contributed by atoms with Crippen LogP contribution in [0.1, 0.15) is 30.6 Å². The second-order valence-electron chi connectivity index (χ2n) is 4.96. The van der Waals surface area contributed by atoms with Crippen LogP contribution in [-0.4, -0.2) is 35.6 Å². The fraction of sp³-hybridized carbons (Fsp3) is 0.643. The van der Waals surface area contributed by atoms with E-state index in [1.165, 1.54) is 4.88 Å². The first-order chi connectivity index (χ1) is 8.79. The highest BCUT2D eigenvalue weighted by Gasteiger charge is 2.22. The Hall–Kier alpha value is -0.870. The van der Waals surface area contributed by atoms with Crippen molar-refractivity contribution in [3.63, 3.8) is 0 Å². The molecule has 3 nitrogen and oxygen atoms in total. The SMILES string of the molecule is O=C(CCCc1cccs1)N1CCCC(CO)C1. The number of thiophene rings is 1. The zero-order chi connectivity index (χ0) is 12.8. The number of carbonyl (C=O) groups excluding carboxylic acids is 1. The lowest BCUT2D eigenvalue weighted by Crippen LogP contribution is -2.40. The maximum absolute atomic E-state index is 12.0. The predicted molar refractivity (Wildman–Crippen MR) is 73.6 cm³/mol. The van der Waals surface area contributed by atoms with Crippen LogP contribution in [0.25, 0.3) is 0 Å². The van der Waals surface area contributed by atoms with Gasteiger partial charge in [-0.3, -0.25) is 4.79 Å². The molecule has 1 aliphatic heterocycles. The summed E-state index contributed by atoms with van der Waals surface area (Å²) in [5.74, 6) is 0.546. The summed E-state index contributed by atoms with van der Waals surface area (Å²) in [4.78, 5) is 15.3. The number of carbonyl (C=O) groups is 1. The van der Waals surface area contributed by atoms with E-state index in [1.54, 1.807) is 11.3 Å². The third kappa shape index (κ3) is 3.82. The van der Waals surface area contributed by atoms with Crippen LogP contribution in [-0.2, 0) is 11.2 Å². The molecule has 1 fully saturated rings. The van der Waals surface area contributed by atoms with E-state index in [0.717, 1.165) is 38.8 Å². The van der Waals surface area contributed by atoms with Gasteiger partial charge in [-0.15, -0.1) is 11.3 Å². The van der Waals surface area contributed by atoms with Crippen molar-refractivity contribution in [3.05, 3.63) is 22.4 Å². The van der Waals surface area contributed by atoms with Crippen LogP contribution in [0.2, 0.25) is 0 Å². The summed E-state index contributed by atoms with van der Waals surface area (Å²) >= 11 is 1.76. The normalized spacial score (nSPS) is 20.1. The number of nitrogens with zero attached hydrogens (tertiary/aromatic N) is 1. The van der Waals surface area contributed by atoms with E-state index in [0.29, 0.717) is 12.3 Å². The van der Waals surface area contributed by atoms with Gasteiger partial charge in [0, 0.05) is 31.0 Å². The summed E-state index contributed by atoms with van der Waals surface area (Å²) < 4.78 is 0. The summed E-state index contributed by atoms with van der Waals surface area (Å²) in [5.41, 5.74) is 0. The molecule has 1 aromatic heterocycles. The number of aliphatic hydroxyl groups is 1. The minimum absolute atomic E-state index is 0.207. The van der Waals surface area contributed by atoms with E-state index in [2.05, 4.69) is 17.5 Å². The molecule has 1 aromatic rings. The molecule has 0 radical (unpaired) electrons. The van der Waals surface area contributed by atoms with Gasteiger partial charge in [0.1, 0.15) is 0 Å². The molecule has 1 unspecified atom stereocenters. The Labute approximate surface area is 112 Å². The molecule has 0 bridgehead atoms. The Morgan fingerprint density at radius 1 is 1.56 bits per heavy atom. The molecule has 100 valence electrons. The minimum atomic E-state index is 0.207. The summed E-state index contributed by atoms with van der Waals surface area (Å²) in [7, 11) is 0. The quantitative estimate of drug-likeness (QED) is 0.889. The second-order valence-corrected chi connectivity index (χ2v) is 6.00. The van der Waals surface area contributed by atoms with Gasteiger partial charge in [-0.2, -0.15) is 0 Å². The van der Waals surface area contributed by atoms with Crippen molar-refractivity contribution >= 4 is 17.2 Å². The van der Waals surface area contributed by atoms with Gasteiger partial charge >= 0.3 is 0 Å². The summed E-state index contributed by atoms with van der Waals surface area (Å²) in [6, 6.07) is 4.18. The lowest BCUT2D eigenvalue weighted by Gasteiger charge is -2.31. The van der Waals surface area contributed by atoms with E-state index in [-0.39, 0.29) is 12.5 Å². The number of hydrogen-bond donors (Lipinski definition) is 1. The first-order valence-electron chi connectivity index (χ1n) is 6.70. The minimum Gasteiger partial charge on any atom is -0.396 e. The third-order valence-corrected chi connectivity index (χ3v) is 4.46. The van der Waals surface area contributed by atoms with E-state index in [1.807, 2.05) is 4.90 Å². The molecule has 1 atom stereocenters. The molecule has 2 heterocycles. The van der Waals surface area contributed by atoms with Crippen molar-refractivity contribution in [2.75, 3.05) is 19.7 Å². The van der Waals surface area contributed by atoms with Gasteiger partial charge in [-0.05, 0) is 43.0 Å². The van der Waals surface area contributed by atoms with E-state index >= 15 is 0 Å². The molecule has 4 heteroatoms. The van der Waals surface area contributed by atoms with E-state index < -0.39 is 0 Å². The average molecular weight is 267 g/mol. The first-order valence-corrected chi connectivity index (χ1v) is 7.58. The highest BCUT2D eigenvalue weighted by molar-refractivity contribution is 7.09. The van der Waals surface area contributed by atoms with Gasteiger partial charge in [0.15, 0.2) is 0 Å². The van der Waals surface area contributed by atoms with Crippen molar-refractivity contribution in [1.82, 2.24) is 4.90 Å². The maximum atomic E-state index is 12.0. The van der Waals surface area contributed by atoms with Crippen LogP contribution in [0, 0.1) is 5.92 Å². The molecule has 1 N–H and O–H groups in total. The van der Waals surface area contributed by atoms with Gasteiger partial charge in [0.25, 0.3) is 0 Å². The molecule has 2 rings (SSSR count). The summed E-state index contributed by atoms with van der Waals surface area (Å²) in [5, 5.41) is 11.2. The lowest BCUT2D eigenvalue weighted by atomic mass is 9.98. The van der Waals surface area contributed by atoms with Crippen LogP contribution < -0.4 is 0 Å². The number of rotatable bonds is 5. The van der Waals surface area contributed by atoms with Crippen LogP contribution in [0.15, 0.2) is 17.5 Å². The van der Waals surface area contributed by atoms with Crippen LogP contribution in [0.4, 0.5) is 0 Å². The molecule has 1 saturated heterocycles. The fourth-order valence-corrected chi connectivity index (χ4v) is 3.22. The Bertz CT molecular complexity index is 364. The van der Waals surface area contributed by atoms with Crippen LogP contribution in [0.5, 0.6) is 0 Å². The second kappa shape index (κ2) is 6.90. The molecule has 18 heavy (non-hydrogen) atoms. The van der Waals surface area contributed by atoms with Crippen LogP contribution >= 0.6 is 11.3 Å². The number of likely N-dealkylation sites (tertiary alicyclic amines) is 1. The zero-order valence-electron chi connectivity index (χ0n) is 10.7. The van der Waals surface area contributed by atoms with Crippen molar-refractivity contribution in [2.45, 2.75) is 32.1 Å². The molecular formula is C14H21NO2S. The smallest absolute Gasteiger partial charge is 0.222 e. The molecular weight excluding hydrogens is 246 g/mol. The molecule has 1 aliphatic rings. The first kappa shape index (κ1) is 13.6. The molecule has 1 amide bonds. The zero-order valence-corrected chi connectivity index (χ0v) is 11.5. The number of aliphatic hydroxyl groups excluding tert-OH is 1. The van der Waals surface area contributed by atoms with Crippen molar-refractivity contribution in [3.8, 4) is 0 Å². The Morgan fingerprint density at radius 2 is 2.44 bits per heavy atom. The van der Waals surface area contributed by atoms with Gasteiger partial charge in [-0.25, -0.2) is 0 Å². The molecule has 0 spiro atoms. The Morgan fingerprint density at radius 3 is 3.17 bits per heavy atom. The van der Waals surface area contributed by atoms with Gasteiger partial charge < -0.3 is 10.0 Å². The fourth-order valence-electron chi connectivity index (χ4n) is 2.47. The largest absolute Gasteiger partial charge is 0.396 e. The summed E-state index contributed by atoms with van der Waals surface area (Å²) in [6.07, 6.45) is 4.65. The topological polar surface area (TPSA) is 40.5 Å². The average Bonchev–Trinajstić information content (AvgIpc) is 2.92. The van der Waals surface area contributed by atoms with E-state index in [9.17, 15) is 4.79 Å². The monoisotopic (exact) mass is 267 g/mol. The standard InChI is InChI=1S/C14H21NO2S/c16-11-12-4-2-8-15(10-12)14(17)7-1-5-13-6-3-9-18-13/h3,6,9,12,16H,1-2,4-5,7-8,10-11H2. The Balaban J connectivity index is 1.70. The maximum Gasteiger partial charge on any atom is 0.222 e. The van der Waals surface area contributed by atoms with Crippen molar-refractivity contribution in [1.29, 1.82) is 0 Å². The number of amides is 1. The third-order valence-electron chi connectivity index (χ3n) is 3.52. The van der Waals surface area contributed by atoms with Gasteiger partial charge in [0.2, 0.25) is 5.91 Å².